The number of hydrogen-bond donors (Lipinski definition) is 1. The van der Waals surface area contributed by atoms with Crippen molar-refractivity contribution < 1.29 is 17.6 Å². The van der Waals surface area contributed by atoms with Crippen LogP contribution in [0.1, 0.15) is 60.7 Å². The van der Waals surface area contributed by atoms with Crippen LogP contribution in [0.5, 0.6) is 0 Å². The van der Waals surface area contributed by atoms with Crippen molar-refractivity contribution in [2.45, 2.75) is 50.3 Å². The first-order chi connectivity index (χ1) is 14.8. The molecule has 0 radical (unpaired) electrons. The van der Waals surface area contributed by atoms with Crippen molar-refractivity contribution in [3.8, 4) is 0 Å². The second-order valence-corrected chi connectivity index (χ2v) is 10.0. The van der Waals surface area contributed by atoms with Gasteiger partial charge in [-0.3, -0.25) is 4.79 Å². The SMILES string of the molecule is CCCc1ccc(C(NC(=O)c2ccc(CS(=O)(=O)c3ccccc3)o2)C(C)C)cc1. The normalized spacial score (nSPS) is 12.6. The monoisotopic (exact) mass is 439 g/mol. The molecule has 31 heavy (non-hydrogen) atoms. The summed E-state index contributed by atoms with van der Waals surface area (Å²) in [6.07, 6.45) is 2.12. The van der Waals surface area contributed by atoms with Crippen LogP contribution >= 0.6 is 0 Å². The molecule has 6 heteroatoms. The molecule has 5 nitrogen and oxygen atoms in total. The van der Waals surface area contributed by atoms with Gasteiger partial charge in [-0.1, -0.05) is 69.7 Å². The molecule has 0 aliphatic heterocycles. The van der Waals surface area contributed by atoms with Crippen LogP contribution in [-0.2, 0) is 22.0 Å². The summed E-state index contributed by atoms with van der Waals surface area (Å²) in [5, 5.41) is 3.03. The number of sulfone groups is 1. The van der Waals surface area contributed by atoms with E-state index < -0.39 is 9.84 Å². The first-order valence-electron chi connectivity index (χ1n) is 10.6. The number of nitrogens with one attached hydrogen (secondary N) is 1. The van der Waals surface area contributed by atoms with Crippen molar-refractivity contribution in [2.24, 2.45) is 5.92 Å². The van der Waals surface area contributed by atoms with Crippen LogP contribution < -0.4 is 5.32 Å². The number of aryl methyl sites for hydroxylation is 1. The summed E-state index contributed by atoms with van der Waals surface area (Å²) in [6.45, 7) is 6.24. The Hall–Kier alpha value is -2.86. The lowest BCUT2D eigenvalue weighted by molar-refractivity contribution is 0.0896. The van der Waals surface area contributed by atoms with Crippen molar-refractivity contribution in [2.75, 3.05) is 0 Å². The summed E-state index contributed by atoms with van der Waals surface area (Å²) in [5.74, 6) is -0.143. The van der Waals surface area contributed by atoms with Crippen LogP contribution in [-0.4, -0.2) is 14.3 Å². The smallest absolute Gasteiger partial charge is 0.287 e. The van der Waals surface area contributed by atoms with Gasteiger partial charge in [-0.2, -0.15) is 0 Å². The molecule has 164 valence electrons. The van der Waals surface area contributed by atoms with Crippen LogP contribution in [0.15, 0.2) is 76.0 Å². The van der Waals surface area contributed by atoms with E-state index in [4.69, 9.17) is 4.42 Å². The minimum absolute atomic E-state index is 0.103. The largest absolute Gasteiger partial charge is 0.455 e. The van der Waals surface area contributed by atoms with Gasteiger partial charge in [0.25, 0.3) is 5.91 Å². The summed E-state index contributed by atoms with van der Waals surface area (Å²) in [6, 6.07) is 19.4. The molecule has 1 atom stereocenters. The molecular weight excluding hydrogens is 410 g/mol. The lowest BCUT2D eigenvalue weighted by atomic mass is 9.94. The van der Waals surface area contributed by atoms with Crippen molar-refractivity contribution >= 4 is 15.7 Å². The molecule has 0 bridgehead atoms. The number of benzene rings is 2. The third kappa shape index (κ3) is 5.85. The van der Waals surface area contributed by atoms with Gasteiger partial charge in [0, 0.05) is 0 Å². The second-order valence-electron chi connectivity index (χ2n) is 8.02. The molecule has 1 amide bonds. The third-order valence-electron chi connectivity index (χ3n) is 5.15. The van der Waals surface area contributed by atoms with E-state index in [-0.39, 0.29) is 40.0 Å². The molecule has 2 aromatic carbocycles. The first kappa shape index (κ1) is 22.8. The zero-order valence-corrected chi connectivity index (χ0v) is 19.0. The van der Waals surface area contributed by atoms with E-state index in [0.29, 0.717) is 0 Å². The van der Waals surface area contributed by atoms with E-state index in [0.717, 1.165) is 18.4 Å². The van der Waals surface area contributed by atoms with Crippen LogP contribution in [0.25, 0.3) is 0 Å². The molecule has 0 saturated carbocycles. The van der Waals surface area contributed by atoms with E-state index >= 15 is 0 Å². The van der Waals surface area contributed by atoms with Gasteiger partial charge in [-0.25, -0.2) is 8.42 Å². The Balaban J connectivity index is 1.71. The van der Waals surface area contributed by atoms with E-state index in [1.165, 1.54) is 11.6 Å². The van der Waals surface area contributed by atoms with E-state index in [9.17, 15) is 13.2 Å². The number of rotatable bonds is 9. The van der Waals surface area contributed by atoms with Gasteiger partial charge in [0.05, 0.1) is 10.9 Å². The Bertz CT molecular complexity index is 1100. The zero-order valence-electron chi connectivity index (χ0n) is 18.2. The molecule has 0 fully saturated rings. The fourth-order valence-corrected chi connectivity index (χ4v) is 4.77. The van der Waals surface area contributed by atoms with Gasteiger partial charge in [0.2, 0.25) is 0 Å². The Morgan fingerprint density at radius 2 is 1.65 bits per heavy atom. The van der Waals surface area contributed by atoms with Gasteiger partial charge >= 0.3 is 0 Å². The second kappa shape index (κ2) is 9.96. The lowest BCUT2D eigenvalue weighted by Gasteiger charge is -2.22. The highest BCUT2D eigenvalue weighted by Gasteiger charge is 2.23. The van der Waals surface area contributed by atoms with Crippen LogP contribution in [0.3, 0.4) is 0 Å². The molecule has 0 spiro atoms. The first-order valence-corrected chi connectivity index (χ1v) is 12.2. The Kier molecular flexibility index (Phi) is 7.33. The predicted molar refractivity (Wildman–Crippen MR) is 122 cm³/mol. The minimum Gasteiger partial charge on any atom is -0.455 e. The average molecular weight is 440 g/mol. The van der Waals surface area contributed by atoms with E-state index in [2.05, 4.69) is 36.5 Å². The Morgan fingerprint density at radius 3 is 2.26 bits per heavy atom. The molecule has 1 unspecified atom stereocenters. The van der Waals surface area contributed by atoms with E-state index in [1.54, 1.807) is 36.4 Å². The Morgan fingerprint density at radius 1 is 0.968 bits per heavy atom. The van der Waals surface area contributed by atoms with Crippen molar-refractivity contribution in [3.05, 3.63) is 89.4 Å². The molecule has 0 saturated heterocycles. The standard InChI is InChI=1S/C25H29NO4S/c1-4-8-19-11-13-20(14-12-19)24(18(2)3)26-25(27)23-16-15-21(30-23)17-31(28,29)22-9-6-5-7-10-22/h5-7,9-16,18,24H,4,8,17H2,1-3H3,(H,26,27). The van der Waals surface area contributed by atoms with Gasteiger partial charge in [0.15, 0.2) is 15.6 Å². The zero-order chi connectivity index (χ0) is 22.4. The maximum atomic E-state index is 12.8. The number of hydrogen-bond acceptors (Lipinski definition) is 4. The van der Waals surface area contributed by atoms with E-state index in [1.807, 2.05) is 13.8 Å². The number of carbonyl (C=O) groups is 1. The molecular formula is C25H29NO4S. The summed E-state index contributed by atoms with van der Waals surface area (Å²) in [5.41, 5.74) is 2.30. The maximum absolute atomic E-state index is 12.8. The van der Waals surface area contributed by atoms with Crippen LogP contribution in [0.4, 0.5) is 0 Å². The van der Waals surface area contributed by atoms with Gasteiger partial charge < -0.3 is 9.73 Å². The lowest BCUT2D eigenvalue weighted by Crippen LogP contribution is -2.31. The fraction of sp³-hybridized carbons (Fsp3) is 0.320. The van der Waals surface area contributed by atoms with Crippen LogP contribution in [0.2, 0.25) is 0 Å². The highest BCUT2D eigenvalue weighted by Crippen LogP contribution is 2.24. The van der Waals surface area contributed by atoms with Gasteiger partial charge in [0.1, 0.15) is 11.5 Å². The Labute approximate surface area is 184 Å². The molecule has 1 heterocycles. The molecule has 1 aromatic heterocycles. The molecule has 0 aliphatic carbocycles. The number of amides is 1. The van der Waals surface area contributed by atoms with Gasteiger partial charge in [-0.15, -0.1) is 0 Å². The highest BCUT2D eigenvalue weighted by molar-refractivity contribution is 7.90. The maximum Gasteiger partial charge on any atom is 0.287 e. The molecule has 3 aromatic rings. The average Bonchev–Trinajstić information content (AvgIpc) is 3.21. The summed E-state index contributed by atoms with van der Waals surface area (Å²) < 4.78 is 30.7. The highest BCUT2D eigenvalue weighted by atomic mass is 32.2. The van der Waals surface area contributed by atoms with Crippen LogP contribution in [0, 0.1) is 5.92 Å². The fourth-order valence-electron chi connectivity index (χ4n) is 3.50. The van der Waals surface area contributed by atoms with Crippen molar-refractivity contribution in [1.29, 1.82) is 0 Å². The van der Waals surface area contributed by atoms with Crippen molar-refractivity contribution in [1.82, 2.24) is 5.32 Å². The topological polar surface area (TPSA) is 76.4 Å². The summed E-state index contributed by atoms with van der Waals surface area (Å²) in [4.78, 5) is 13.0. The number of furan rings is 1. The third-order valence-corrected chi connectivity index (χ3v) is 6.81. The van der Waals surface area contributed by atoms with Crippen molar-refractivity contribution in [3.63, 3.8) is 0 Å². The summed E-state index contributed by atoms with van der Waals surface area (Å²) >= 11 is 0. The predicted octanol–water partition coefficient (Wildman–Crippen LogP) is 5.33. The van der Waals surface area contributed by atoms with Gasteiger partial charge in [-0.05, 0) is 47.7 Å². The number of carbonyl (C=O) groups excluding carboxylic acids is 1. The molecule has 1 N–H and O–H groups in total. The minimum atomic E-state index is -3.54. The molecule has 0 aliphatic rings. The quantitative estimate of drug-likeness (QED) is 0.489. The summed E-state index contributed by atoms with van der Waals surface area (Å²) in [7, 11) is -3.54. The molecule has 3 rings (SSSR count).